The first-order valence-electron chi connectivity index (χ1n) is 13.9. The molecule has 6 nitrogen and oxygen atoms in total. The van der Waals surface area contributed by atoms with Crippen molar-refractivity contribution < 1.29 is 19.4 Å². The number of likely N-dealkylation sites (tertiary alicyclic amines) is 2. The lowest BCUT2D eigenvalue weighted by molar-refractivity contribution is -0.180. The zero-order chi connectivity index (χ0) is 23.0. The highest BCUT2D eigenvalue weighted by molar-refractivity contribution is 5.91. The molecule has 3 fully saturated rings. The van der Waals surface area contributed by atoms with Crippen molar-refractivity contribution in [2.45, 2.75) is 96.3 Å². The van der Waals surface area contributed by atoms with E-state index in [0.717, 1.165) is 38.8 Å². The SMILES string of the molecule is CCO[C@H]1OC(C(=O)N2CCC(N3CCCCC3)CC2)=C[C@@H](C2CCCCC2)[C@H]1CCCO. The second kappa shape index (κ2) is 12.6. The average Bonchev–Trinajstić information content (AvgIpc) is 2.88. The summed E-state index contributed by atoms with van der Waals surface area (Å²) in [6.45, 7) is 6.84. The summed E-state index contributed by atoms with van der Waals surface area (Å²) in [6.07, 6.45) is 15.8. The molecule has 0 aromatic carbocycles. The molecule has 0 aromatic heterocycles. The van der Waals surface area contributed by atoms with Crippen molar-refractivity contribution in [3.63, 3.8) is 0 Å². The maximum atomic E-state index is 13.6. The molecule has 0 radical (unpaired) electrons. The van der Waals surface area contributed by atoms with Crippen molar-refractivity contribution >= 4 is 5.91 Å². The number of hydrogen-bond donors (Lipinski definition) is 1. The van der Waals surface area contributed by atoms with Gasteiger partial charge in [0, 0.05) is 38.3 Å². The Hall–Kier alpha value is -1.11. The molecule has 1 N–H and O–H groups in total. The van der Waals surface area contributed by atoms with Crippen molar-refractivity contribution in [2.75, 3.05) is 39.4 Å². The second-order valence-electron chi connectivity index (χ2n) is 10.6. The molecule has 3 heterocycles. The van der Waals surface area contributed by atoms with E-state index in [2.05, 4.69) is 11.0 Å². The standard InChI is InChI=1S/C27H46N2O4/c1-2-32-27-23(12-9-19-30)24(21-10-5-3-6-11-21)20-25(33-27)26(31)29-17-13-22(14-18-29)28-15-7-4-8-16-28/h20-24,27,30H,2-19H2,1H3/t23-,24+,27+/m1/s1. The third-order valence-electron chi connectivity index (χ3n) is 8.52. The van der Waals surface area contributed by atoms with Crippen LogP contribution in [0.25, 0.3) is 0 Å². The first kappa shape index (κ1) is 25.0. The Kier molecular flexibility index (Phi) is 9.51. The Morgan fingerprint density at radius 1 is 1.03 bits per heavy atom. The highest BCUT2D eigenvalue weighted by Crippen LogP contribution is 2.42. The summed E-state index contributed by atoms with van der Waals surface area (Å²) >= 11 is 0. The van der Waals surface area contributed by atoms with Gasteiger partial charge in [0.2, 0.25) is 6.29 Å². The van der Waals surface area contributed by atoms with Gasteiger partial charge in [-0.3, -0.25) is 4.79 Å². The second-order valence-corrected chi connectivity index (χ2v) is 10.6. The molecule has 4 rings (SSSR count). The molecule has 1 saturated carbocycles. The van der Waals surface area contributed by atoms with E-state index in [0.29, 0.717) is 30.2 Å². The molecule has 1 aliphatic carbocycles. The lowest BCUT2D eigenvalue weighted by Crippen LogP contribution is -2.49. The van der Waals surface area contributed by atoms with Gasteiger partial charge in [-0.05, 0) is 89.3 Å². The minimum atomic E-state index is -0.386. The number of aliphatic hydroxyl groups excluding tert-OH is 1. The average molecular weight is 463 g/mol. The number of hydrogen-bond acceptors (Lipinski definition) is 5. The molecule has 0 aromatic rings. The van der Waals surface area contributed by atoms with Crippen molar-refractivity contribution in [3.8, 4) is 0 Å². The number of carbonyl (C=O) groups excluding carboxylic acids is 1. The van der Waals surface area contributed by atoms with Crippen LogP contribution in [-0.2, 0) is 14.3 Å². The third-order valence-corrected chi connectivity index (χ3v) is 8.52. The Bertz CT molecular complexity index is 634. The van der Waals surface area contributed by atoms with Gasteiger partial charge in [0.15, 0.2) is 5.76 Å². The zero-order valence-corrected chi connectivity index (χ0v) is 20.8. The number of carbonyl (C=O) groups is 1. The highest BCUT2D eigenvalue weighted by atomic mass is 16.7. The smallest absolute Gasteiger partial charge is 0.288 e. The summed E-state index contributed by atoms with van der Waals surface area (Å²) in [6, 6.07) is 0.629. The number of allylic oxidation sites excluding steroid dienone is 1. The highest BCUT2D eigenvalue weighted by Gasteiger charge is 2.42. The van der Waals surface area contributed by atoms with E-state index >= 15 is 0 Å². The van der Waals surface area contributed by atoms with E-state index in [1.54, 1.807) is 0 Å². The van der Waals surface area contributed by atoms with Crippen molar-refractivity contribution in [1.29, 1.82) is 0 Å². The Labute approximate surface area is 200 Å². The molecule has 188 valence electrons. The third kappa shape index (κ3) is 6.32. The van der Waals surface area contributed by atoms with Gasteiger partial charge in [-0.2, -0.15) is 0 Å². The normalized spacial score (nSPS) is 30.7. The van der Waals surface area contributed by atoms with Crippen LogP contribution in [0.1, 0.15) is 84.0 Å². The Balaban J connectivity index is 1.45. The summed E-state index contributed by atoms with van der Waals surface area (Å²) < 4.78 is 12.3. The minimum absolute atomic E-state index is 0.0539. The van der Waals surface area contributed by atoms with Crippen molar-refractivity contribution in [1.82, 2.24) is 9.80 Å². The van der Waals surface area contributed by atoms with Crippen LogP contribution in [0.3, 0.4) is 0 Å². The number of piperidine rings is 2. The molecular weight excluding hydrogens is 416 g/mol. The Morgan fingerprint density at radius 3 is 2.39 bits per heavy atom. The molecule has 3 aliphatic heterocycles. The van der Waals surface area contributed by atoms with Crippen LogP contribution in [-0.4, -0.2) is 72.5 Å². The summed E-state index contributed by atoms with van der Waals surface area (Å²) in [4.78, 5) is 18.2. The van der Waals surface area contributed by atoms with Crippen LogP contribution in [0.5, 0.6) is 0 Å². The van der Waals surface area contributed by atoms with Crippen LogP contribution in [0.4, 0.5) is 0 Å². The predicted octanol–water partition coefficient (Wildman–Crippen LogP) is 4.33. The molecule has 2 saturated heterocycles. The molecular formula is C27H46N2O4. The number of amides is 1. The van der Waals surface area contributed by atoms with E-state index in [1.807, 2.05) is 11.8 Å². The molecule has 0 spiro atoms. The van der Waals surface area contributed by atoms with Crippen LogP contribution in [0, 0.1) is 17.8 Å². The molecule has 6 heteroatoms. The number of aliphatic hydroxyl groups is 1. The van der Waals surface area contributed by atoms with Gasteiger partial charge >= 0.3 is 0 Å². The quantitative estimate of drug-likeness (QED) is 0.582. The number of rotatable bonds is 8. The van der Waals surface area contributed by atoms with Gasteiger partial charge in [0.25, 0.3) is 5.91 Å². The molecule has 4 aliphatic rings. The van der Waals surface area contributed by atoms with E-state index in [1.165, 1.54) is 64.5 Å². The fraction of sp³-hybridized carbons (Fsp3) is 0.889. The van der Waals surface area contributed by atoms with Crippen LogP contribution >= 0.6 is 0 Å². The largest absolute Gasteiger partial charge is 0.459 e. The van der Waals surface area contributed by atoms with Crippen LogP contribution in [0.15, 0.2) is 11.8 Å². The van der Waals surface area contributed by atoms with Gasteiger partial charge in [-0.25, -0.2) is 0 Å². The van der Waals surface area contributed by atoms with Crippen molar-refractivity contribution in [2.24, 2.45) is 17.8 Å². The van der Waals surface area contributed by atoms with E-state index in [9.17, 15) is 9.90 Å². The minimum Gasteiger partial charge on any atom is -0.459 e. The van der Waals surface area contributed by atoms with Crippen LogP contribution in [0.2, 0.25) is 0 Å². The van der Waals surface area contributed by atoms with E-state index in [4.69, 9.17) is 9.47 Å². The topological polar surface area (TPSA) is 62.2 Å². The molecule has 0 unspecified atom stereocenters. The van der Waals surface area contributed by atoms with Gasteiger partial charge in [-0.15, -0.1) is 0 Å². The first-order valence-corrected chi connectivity index (χ1v) is 13.9. The van der Waals surface area contributed by atoms with E-state index < -0.39 is 0 Å². The summed E-state index contributed by atoms with van der Waals surface area (Å²) in [5.74, 6) is 1.66. The summed E-state index contributed by atoms with van der Waals surface area (Å²) in [7, 11) is 0. The fourth-order valence-corrected chi connectivity index (χ4v) is 6.71. The Morgan fingerprint density at radius 2 is 1.73 bits per heavy atom. The monoisotopic (exact) mass is 462 g/mol. The maximum absolute atomic E-state index is 13.6. The van der Waals surface area contributed by atoms with Gasteiger partial charge < -0.3 is 24.4 Å². The zero-order valence-electron chi connectivity index (χ0n) is 20.8. The molecule has 3 atom stereocenters. The lowest BCUT2D eigenvalue weighted by Gasteiger charge is -2.43. The van der Waals surface area contributed by atoms with Gasteiger partial charge in [0.1, 0.15) is 0 Å². The maximum Gasteiger partial charge on any atom is 0.288 e. The first-order chi connectivity index (χ1) is 16.2. The van der Waals surface area contributed by atoms with Crippen molar-refractivity contribution in [3.05, 3.63) is 11.8 Å². The molecule has 1 amide bonds. The number of ether oxygens (including phenoxy) is 2. The molecule has 0 bridgehead atoms. The van der Waals surface area contributed by atoms with Gasteiger partial charge in [0.05, 0.1) is 0 Å². The number of nitrogens with zero attached hydrogens (tertiary/aromatic N) is 2. The fourth-order valence-electron chi connectivity index (χ4n) is 6.71. The summed E-state index contributed by atoms with van der Waals surface area (Å²) in [5, 5.41) is 9.47. The van der Waals surface area contributed by atoms with Crippen LogP contribution < -0.4 is 0 Å². The summed E-state index contributed by atoms with van der Waals surface area (Å²) in [5.41, 5.74) is 0. The molecule has 33 heavy (non-hydrogen) atoms. The van der Waals surface area contributed by atoms with E-state index in [-0.39, 0.29) is 24.7 Å². The van der Waals surface area contributed by atoms with Gasteiger partial charge in [-0.1, -0.05) is 25.7 Å². The predicted molar refractivity (Wildman–Crippen MR) is 129 cm³/mol. The lowest BCUT2D eigenvalue weighted by atomic mass is 9.71.